The molecule has 0 radical (unpaired) electrons. The maximum absolute atomic E-state index is 12.2. The van der Waals surface area contributed by atoms with Crippen molar-refractivity contribution in [1.29, 1.82) is 0 Å². The fourth-order valence-corrected chi connectivity index (χ4v) is 2.29. The molecule has 0 aromatic carbocycles. The fraction of sp³-hybridized carbons (Fsp3) is 0.692. The summed E-state index contributed by atoms with van der Waals surface area (Å²) in [6, 6.07) is 0.00449. The summed E-state index contributed by atoms with van der Waals surface area (Å²) in [5.74, 6) is 1.30. The molecule has 0 spiro atoms. The van der Waals surface area contributed by atoms with Gasteiger partial charge in [0.1, 0.15) is 11.4 Å². The molecule has 100 valence electrons. The Balaban J connectivity index is 2.13. The van der Waals surface area contributed by atoms with Gasteiger partial charge in [0.15, 0.2) is 0 Å². The van der Waals surface area contributed by atoms with Gasteiger partial charge in [0.25, 0.3) is 0 Å². The highest BCUT2D eigenvalue weighted by Crippen LogP contribution is 2.34. The number of aromatic nitrogens is 2. The monoisotopic (exact) mass is 251 g/mol. The predicted octanol–water partition coefficient (Wildman–Crippen LogP) is 2.73. The van der Waals surface area contributed by atoms with E-state index < -0.39 is 5.60 Å². The molecular weight excluding hydrogens is 230 g/mol. The molecule has 5 nitrogen and oxygen atoms in total. The first-order valence-corrected chi connectivity index (χ1v) is 6.35. The van der Waals surface area contributed by atoms with E-state index in [1.54, 1.807) is 17.3 Å². The minimum absolute atomic E-state index is 0.00449. The number of amides is 1. The second kappa shape index (κ2) is 4.63. The van der Waals surface area contributed by atoms with Gasteiger partial charge in [-0.25, -0.2) is 9.78 Å². The summed E-state index contributed by atoms with van der Waals surface area (Å²) in [4.78, 5) is 21.3. The number of likely N-dealkylation sites (tertiary alicyclic amines) is 1. The zero-order chi connectivity index (χ0) is 13.3. The largest absolute Gasteiger partial charge is 0.444 e. The van der Waals surface area contributed by atoms with Crippen molar-refractivity contribution in [1.82, 2.24) is 14.9 Å². The first kappa shape index (κ1) is 12.9. The van der Waals surface area contributed by atoms with E-state index in [1.807, 2.05) is 20.8 Å². The van der Waals surface area contributed by atoms with Crippen molar-refractivity contribution < 1.29 is 9.53 Å². The molecule has 1 aliphatic heterocycles. The first-order valence-electron chi connectivity index (χ1n) is 6.35. The van der Waals surface area contributed by atoms with Crippen molar-refractivity contribution >= 4 is 6.09 Å². The summed E-state index contributed by atoms with van der Waals surface area (Å²) in [5.41, 5.74) is -0.462. The molecule has 0 aliphatic carbocycles. The van der Waals surface area contributed by atoms with Gasteiger partial charge < -0.3 is 9.72 Å². The number of carbonyl (C=O) groups is 1. The summed E-state index contributed by atoms with van der Waals surface area (Å²) < 4.78 is 5.44. The topological polar surface area (TPSA) is 58.2 Å². The van der Waals surface area contributed by atoms with E-state index in [0.717, 1.165) is 18.8 Å². The number of aromatic amines is 1. The zero-order valence-electron chi connectivity index (χ0n) is 11.4. The number of H-pyrrole nitrogens is 1. The molecule has 1 saturated heterocycles. The first-order chi connectivity index (χ1) is 8.37. The highest BCUT2D eigenvalue weighted by atomic mass is 16.6. The fourth-order valence-electron chi connectivity index (χ4n) is 2.29. The average Bonchev–Trinajstić information content (AvgIpc) is 2.82. The summed E-state index contributed by atoms with van der Waals surface area (Å²) in [6.07, 6.45) is 4.16. The molecule has 1 aromatic rings. The van der Waals surface area contributed by atoms with E-state index >= 15 is 0 Å². The summed E-state index contributed by atoms with van der Waals surface area (Å²) in [6.45, 7) is 8.51. The number of rotatable bonds is 1. The number of hydrogen-bond acceptors (Lipinski definition) is 3. The maximum atomic E-state index is 12.2. The van der Waals surface area contributed by atoms with Crippen LogP contribution in [0.1, 0.15) is 46.0 Å². The molecule has 2 heterocycles. The Hall–Kier alpha value is -1.52. The van der Waals surface area contributed by atoms with Gasteiger partial charge in [-0.1, -0.05) is 6.92 Å². The van der Waals surface area contributed by atoms with Gasteiger partial charge in [0.2, 0.25) is 0 Å². The Morgan fingerprint density at radius 3 is 2.83 bits per heavy atom. The van der Waals surface area contributed by atoms with Crippen LogP contribution in [0.25, 0.3) is 0 Å². The predicted molar refractivity (Wildman–Crippen MR) is 68.0 cm³/mol. The molecule has 2 atom stereocenters. The molecule has 0 bridgehead atoms. The van der Waals surface area contributed by atoms with Gasteiger partial charge >= 0.3 is 6.09 Å². The molecular formula is C13H21N3O2. The van der Waals surface area contributed by atoms with Gasteiger partial charge in [0, 0.05) is 18.9 Å². The van der Waals surface area contributed by atoms with Crippen LogP contribution in [0.3, 0.4) is 0 Å². The van der Waals surface area contributed by atoms with Crippen molar-refractivity contribution in [2.75, 3.05) is 6.54 Å². The molecule has 1 fully saturated rings. The van der Waals surface area contributed by atoms with Crippen molar-refractivity contribution in [3.63, 3.8) is 0 Å². The van der Waals surface area contributed by atoms with Crippen LogP contribution in [0, 0.1) is 5.92 Å². The Labute approximate surface area is 108 Å². The molecule has 5 heteroatoms. The highest BCUT2D eigenvalue weighted by Gasteiger charge is 2.37. The Kier molecular flexibility index (Phi) is 3.32. The van der Waals surface area contributed by atoms with Gasteiger partial charge in [-0.15, -0.1) is 0 Å². The highest BCUT2D eigenvalue weighted by molar-refractivity contribution is 5.69. The number of nitrogens with zero attached hydrogens (tertiary/aromatic N) is 2. The quantitative estimate of drug-likeness (QED) is 0.835. The lowest BCUT2D eigenvalue weighted by molar-refractivity contribution is 0.0214. The van der Waals surface area contributed by atoms with Gasteiger partial charge in [0.05, 0.1) is 6.04 Å². The second-order valence-electron chi connectivity index (χ2n) is 5.96. The van der Waals surface area contributed by atoms with E-state index in [0.29, 0.717) is 5.92 Å². The Morgan fingerprint density at radius 2 is 2.28 bits per heavy atom. The van der Waals surface area contributed by atoms with Crippen LogP contribution in [0.4, 0.5) is 4.79 Å². The third kappa shape index (κ3) is 2.83. The zero-order valence-corrected chi connectivity index (χ0v) is 11.4. The second-order valence-corrected chi connectivity index (χ2v) is 5.96. The van der Waals surface area contributed by atoms with Crippen LogP contribution >= 0.6 is 0 Å². The third-order valence-electron chi connectivity index (χ3n) is 2.97. The summed E-state index contributed by atoms with van der Waals surface area (Å²) in [7, 11) is 0. The van der Waals surface area contributed by atoms with E-state index in [-0.39, 0.29) is 12.1 Å². The maximum Gasteiger partial charge on any atom is 0.410 e. The lowest BCUT2D eigenvalue weighted by atomic mass is 10.1. The number of nitrogens with one attached hydrogen (secondary N) is 1. The van der Waals surface area contributed by atoms with Crippen LogP contribution in [0.2, 0.25) is 0 Å². The van der Waals surface area contributed by atoms with Gasteiger partial charge in [-0.2, -0.15) is 0 Å². The lowest BCUT2D eigenvalue weighted by Gasteiger charge is -2.27. The number of ether oxygens (including phenoxy) is 1. The van der Waals surface area contributed by atoms with E-state index in [1.165, 1.54) is 0 Å². The number of imidazole rings is 1. The lowest BCUT2D eigenvalue weighted by Crippen LogP contribution is -2.37. The van der Waals surface area contributed by atoms with Crippen LogP contribution < -0.4 is 0 Å². The van der Waals surface area contributed by atoms with Crippen LogP contribution in [0.5, 0.6) is 0 Å². The third-order valence-corrected chi connectivity index (χ3v) is 2.97. The minimum atomic E-state index is -0.462. The molecule has 1 aliphatic rings. The minimum Gasteiger partial charge on any atom is -0.444 e. The SMILES string of the molecule is C[C@H]1CC(c2ncc[nH]2)N(C(=O)OC(C)(C)C)C1. The molecule has 0 saturated carbocycles. The van der Waals surface area contributed by atoms with Crippen molar-refractivity contribution in [3.05, 3.63) is 18.2 Å². The van der Waals surface area contributed by atoms with E-state index in [2.05, 4.69) is 16.9 Å². The smallest absolute Gasteiger partial charge is 0.410 e. The molecule has 1 amide bonds. The molecule has 1 unspecified atom stereocenters. The molecule has 1 N–H and O–H groups in total. The Morgan fingerprint density at radius 1 is 1.56 bits per heavy atom. The van der Waals surface area contributed by atoms with Crippen molar-refractivity contribution in [2.24, 2.45) is 5.92 Å². The molecule has 2 rings (SSSR count). The van der Waals surface area contributed by atoms with Crippen molar-refractivity contribution in [3.8, 4) is 0 Å². The molecule has 18 heavy (non-hydrogen) atoms. The Bertz CT molecular complexity index is 408. The summed E-state index contributed by atoms with van der Waals surface area (Å²) in [5, 5.41) is 0. The van der Waals surface area contributed by atoms with Gasteiger partial charge in [-0.05, 0) is 33.1 Å². The molecule has 1 aromatic heterocycles. The van der Waals surface area contributed by atoms with Crippen molar-refractivity contribution in [2.45, 2.75) is 45.8 Å². The number of hydrogen-bond donors (Lipinski definition) is 1. The van der Waals surface area contributed by atoms with Crippen LogP contribution in [-0.4, -0.2) is 33.1 Å². The van der Waals surface area contributed by atoms with Crippen LogP contribution in [0.15, 0.2) is 12.4 Å². The summed E-state index contributed by atoms with van der Waals surface area (Å²) >= 11 is 0. The number of carbonyl (C=O) groups excluding carboxylic acids is 1. The van der Waals surface area contributed by atoms with E-state index in [4.69, 9.17) is 4.74 Å². The average molecular weight is 251 g/mol. The van der Waals surface area contributed by atoms with Crippen LogP contribution in [-0.2, 0) is 4.74 Å². The van der Waals surface area contributed by atoms with Gasteiger partial charge in [-0.3, -0.25) is 4.90 Å². The normalized spacial score (nSPS) is 24.3. The standard InChI is InChI=1S/C13H21N3O2/c1-9-7-10(11-14-5-6-15-11)16(8-9)12(17)18-13(2,3)4/h5-6,9-10H,7-8H2,1-4H3,(H,14,15)/t9-,10?/m0/s1. The van der Waals surface area contributed by atoms with E-state index in [9.17, 15) is 4.79 Å².